The third kappa shape index (κ3) is 7.01. The molecule has 0 saturated carbocycles. The summed E-state index contributed by atoms with van der Waals surface area (Å²) in [6, 6.07) is 0. The molecule has 0 aliphatic heterocycles. The van der Waals surface area contributed by atoms with E-state index in [0.29, 0.717) is 26.4 Å². The van der Waals surface area contributed by atoms with Crippen molar-refractivity contribution in [1.29, 1.82) is 0 Å². The molecule has 1 atom stereocenters. The summed E-state index contributed by atoms with van der Waals surface area (Å²) in [6.07, 6.45) is 2.94. The molecule has 7 nitrogen and oxygen atoms in total. The summed E-state index contributed by atoms with van der Waals surface area (Å²) < 4.78 is 11.8. The first-order valence-corrected chi connectivity index (χ1v) is 5.62. The van der Waals surface area contributed by atoms with Gasteiger partial charge in [-0.15, -0.1) is 5.10 Å². The molecule has 1 unspecified atom stereocenters. The average molecular weight is 244 g/mol. The summed E-state index contributed by atoms with van der Waals surface area (Å²) in [7, 11) is 1.62. The fourth-order valence-corrected chi connectivity index (χ4v) is 1.23. The number of aromatic nitrogens is 3. The zero-order valence-corrected chi connectivity index (χ0v) is 10.1. The quantitative estimate of drug-likeness (QED) is 0.508. The van der Waals surface area contributed by atoms with Gasteiger partial charge in [0, 0.05) is 26.4 Å². The van der Waals surface area contributed by atoms with Crippen LogP contribution in [0.15, 0.2) is 12.4 Å². The number of hydrogen-bond acceptors (Lipinski definition) is 6. The number of rotatable bonds is 10. The first-order chi connectivity index (χ1) is 8.33. The number of methoxy groups -OCH3 is 1. The molecule has 1 heterocycles. The Labute approximate surface area is 101 Å². The molecule has 0 aliphatic rings. The Morgan fingerprint density at radius 1 is 1.47 bits per heavy atom. The van der Waals surface area contributed by atoms with Crippen molar-refractivity contribution in [3.63, 3.8) is 0 Å². The van der Waals surface area contributed by atoms with Crippen LogP contribution in [-0.2, 0) is 16.0 Å². The fraction of sp³-hybridized carbons (Fsp3) is 0.800. The van der Waals surface area contributed by atoms with Crippen molar-refractivity contribution in [3.8, 4) is 0 Å². The molecule has 0 radical (unpaired) electrons. The second-order valence-corrected chi connectivity index (χ2v) is 3.59. The molecule has 0 saturated heterocycles. The van der Waals surface area contributed by atoms with E-state index in [1.807, 2.05) is 0 Å². The molecule has 0 aromatic carbocycles. The van der Waals surface area contributed by atoms with E-state index >= 15 is 0 Å². The lowest BCUT2D eigenvalue weighted by Gasteiger charge is -2.12. The van der Waals surface area contributed by atoms with Gasteiger partial charge in [-0.3, -0.25) is 4.68 Å². The monoisotopic (exact) mass is 244 g/mol. The van der Waals surface area contributed by atoms with Crippen molar-refractivity contribution in [2.45, 2.75) is 12.6 Å². The number of nitrogens with zero attached hydrogens (tertiary/aromatic N) is 3. The third-order valence-corrected chi connectivity index (χ3v) is 2.11. The lowest BCUT2D eigenvalue weighted by Crippen LogP contribution is -2.32. The van der Waals surface area contributed by atoms with Crippen molar-refractivity contribution in [2.24, 2.45) is 0 Å². The molecule has 7 heteroatoms. The SMILES string of the molecule is COCCOCC(O)CNCCn1ccnn1. The Bertz CT molecular complexity index is 269. The number of ether oxygens (including phenoxy) is 2. The normalized spacial score (nSPS) is 12.8. The van der Waals surface area contributed by atoms with Crippen LogP contribution in [0.2, 0.25) is 0 Å². The summed E-state index contributed by atoms with van der Waals surface area (Å²) in [6.45, 7) is 3.34. The van der Waals surface area contributed by atoms with Crippen LogP contribution in [0, 0.1) is 0 Å². The van der Waals surface area contributed by atoms with Gasteiger partial charge in [-0.25, -0.2) is 0 Å². The topological polar surface area (TPSA) is 81.4 Å². The van der Waals surface area contributed by atoms with Crippen LogP contribution in [0.1, 0.15) is 0 Å². The average Bonchev–Trinajstić information content (AvgIpc) is 2.83. The van der Waals surface area contributed by atoms with Crippen LogP contribution in [0.3, 0.4) is 0 Å². The van der Waals surface area contributed by atoms with Crippen molar-refractivity contribution in [2.75, 3.05) is 40.0 Å². The van der Waals surface area contributed by atoms with Gasteiger partial charge in [0.15, 0.2) is 0 Å². The molecule has 1 rings (SSSR count). The van der Waals surface area contributed by atoms with Gasteiger partial charge in [-0.2, -0.15) is 0 Å². The molecule has 0 bridgehead atoms. The Kier molecular flexibility index (Phi) is 7.48. The van der Waals surface area contributed by atoms with Gasteiger partial charge in [0.2, 0.25) is 0 Å². The van der Waals surface area contributed by atoms with Gasteiger partial charge >= 0.3 is 0 Å². The Morgan fingerprint density at radius 2 is 2.35 bits per heavy atom. The van der Waals surface area contributed by atoms with E-state index in [-0.39, 0.29) is 0 Å². The van der Waals surface area contributed by atoms with Crippen LogP contribution in [0.4, 0.5) is 0 Å². The molecule has 1 aromatic heterocycles. The fourth-order valence-electron chi connectivity index (χ4n) is 1.23. The highest BCUT2D eigenvalue weighted by Crippen LogP contribution is 1.85. The molecule has 2 N–H and O–H groups in total. The minimum atomic E-state index is -0.498. The molecule has 0 spiro atoms. The van der Waals surface area contributed by atoms with E-state index in [9.17, 15) is 5.11 Å². The van der Waals surface area contributed by atoms with Gasteiger partial charge in [0.25, 0.3) is 0 Å². The van der Waals surface area contributed by atoms with E-state index in [2.05, 4.69) is 15.6 Å². The smallest absolute Gasteiger partial charge is 0.0897 e. The summed E-state index contributed by atoms with van der Waals surface area (Å²) in [4.78, 5) is 0. The molecular weight excluding hydrogens is 224 g/mol. The molecule has 98 valence electrons. The maximum Gasteiger partial charge on any atom is 0.0897 e. The van der Waals surface area contributed by atoms with E-state index in [1.165, 1.54) is 0 Å². The van der Waals surface area contributed by atoms with Gasteiger partial charge < -0.3 is 19.9 Å². The van der Waals surface area contributed by atoms with Crippen molar-refractivity contribution < 1.29 is 14.6 Å². The van der Waals surface area contributed by atoms with Crippen LogP contribution in [-0.4, -0.2) is 66.2 Å². The lowest BCUT2D eigenvalue weighted by molar-refractivity contribution is 0.0138. The highest BCUT2D eigenvalue weighted by atomic mass is 16.5. The summed E-state index contributed by atoms with van der Waals surface area (Å²) in [5, 5.41) is 20.2. The highest BCUT2D eigenvalue weighted by Gasteiger charge is 2.03. The van der Waals surface area contributed by atoms with E-state index < -0.39 is 6.10 Å². The van der Waals surface area contributed by atoms with Crippen molar-refractivity contribution in [3.05, 3.63) is 12.4 Å². The first-order valence-electron chi connectivity index (χ1n) is 5.62. The zero-order chi connectivity index (χ0) is 12.3. The van der Waals surface area contributed by atoms with Gasteiger partial charge in [0.05, 0.1) is 38.7 Å². The number of hydrogen-bond donors (Lipinski definition) is 2. The van der Waals surface area contributed by atoms with E-state index in [1.54, 1.807) is 24.2 Å². The number of aliphatic hydroxyl groups is 1. The lowest BCUT2D eigenvalue weighted by atomic mass is 10.4. The Morgan fingerprint density at radius 3 is 3.06 bits per heavy atom. The van der Waals surface area contributed by atoms with Gasteiger partial charge in [-0.05, 0) is 0 Å². The maximum absolute atomic E-state index is 9.54. The minimum Gasteiger partial charge on any atom is -0.389 e. The second kappa shape index (κ2) is 9.06. The van der Waals surface area contributed by atoms with Crippen molar-refractivity contribution in [1.82, 2.24) is 20.3 Å². The van der Waals surface area contributed by atoms with Crippen LogP contribution in [0.25, 0.3) is 0 Å². The summed E-state index contributed by atoms with van der Waals surface area (Å²) in [5.74, 6) is 0. The van der Waals surface area contributed by atoms with E-state index in [4.69, 9.17) is 9.47 Å². The van der Waals surface area contributed by atoms with Crippen LogP contribution >= 0.6 is 0 Å². The van der Waals surface area contributed by atoms with Gasteiger partial charge in [-0.1, -0.05) is 5.21 Å². The predicted molar refractivity (Wildman–Crippen MR) is 61.6 cm³/mol. The predicted octanol–water partition coefficient (Wildman–Crippen LogP) is -1.11. The van der Waals surface area contributed by atoms with Crippen LogP contribution in [0.5, 0.6) is 0 Å². The molecule has 0 amide bonds. The number of aliphatic hydroxyl groups excluding tert-OH is 1. The molecule has 1 aromatic rings. The molecule has 0 aliphatic carbocycles. The van der Waals surface area contributed by atoms with Crippen molar-refractivity contribution >= 4 is 0 Å². The summed E-state index contributed by atoms with van der Waals surface area (Å²) in [5.41, 5.74) is 0. The summed E-state index contributed by atoms with van der Waals surface area (Å²) >= 11 is 0. The number of nitrogens with one attached hydrogen (secondary N) is 1. The Balaban J connectivity index is 1.91. The van der Waals surface area contributed by atoms with Crippen LogP contribution < -0.4 is 5.32 Å². The third-order valence-electron chi connectivity index (χ3n) is 2.11. The van der Waals surface area contributed by atoms with E-state index in [0.717, 1.165) is 13.1 Å². The standard InChI is InChI=1S/C10H20N4O3/c1-16-6-7-17-9-10(15)8-11-2-4-14-5-3-12-13-14/h3,5,10-11,15H,2,4,6-9H2,1H3. The second-order valence-electron chi connectivity index (χ2n) is 3.59. The first kappa shape index (κ1) is 14.0. The largest absolute Gasteiger partial charge is 0.389 e. The van der Waals surface area contributed by atoms with Gasteiger partial charge in [0.1, 0.15) is 0 Å². The maximum atomic E-state index is 9.54. The highest BCUT2D eigenvalue weighted by molar-refractivity contribution is 4.65. The minimum absolute atomic E-state index is 0.319. The molecular formula is C10H20N4O3. The Hall–Kier alpha value is -1.02. The zero-order valence-electron chi connectivity index (χ0n) is 10.1. The molecule has 17 heavy (non-hydrogen) atoms. The molecule has 0 fully saturated rings.